The molecule has 1 aliphatic heterocycles. The summed E-state index contributed by atoms with van der Waals surface area (Å²) in [6, 6.07) is 1.93. The summed E-state index contributed by atoms with van der Waals surface area (Å²) < 4.78 is 14.6. The Morgan fingerprint density at radius 2 is 1.97 bits per heavy atom. The molecule has 0 aromatic carbocycles. The molecule has 2 fully saturated rings. The number of fused-ring (bicyclic) bond motifs is 1. The number of likely N-dealkylation sites (tertiary alicyclic amines) is 1. The maximum atomic E-state index is 14.6. The van der Waals surface area contributed by atoms with Crippen LogP contribution in [0, 0.1) is 11.7 Å². The Bertz CT molecular complexity index is 1120. The molecule has 9 heteroatoms. The van der Waals surface area contributed by atoms with E-state index in [1.54, 1.807) is 18.5 Å². The minimum atomic E-state index is -0.495. The Morgan fingerprint density at radius 1 is 1.15 bits per heavy atom. The summed E-state index contributed by atoms with van der Waals surface area (Å²) in [6.07, 6.45) is 14.4. The second-order valence-electron chi connectivity index (χ2n) is 9.63. The molecule has 0 amide bonds. The highest BCUT2D eigenvalue weighted by atomic mass is 35.5. The van der Waals surface area contributed by atoms with Crippen LogP contribution in [0.3, 0.4) is 0 Å². The van der Waals surface area contributed by atoms with Crippen molar-refractivity contribution < 1.29 is 9.50 Å². The molecule has 0 spiro atoms. The Balaban J connectivity index is 1.29. The number of aliphatic hydroxyl groups excluding tert-OH is 1. The zero-order valence-electron chi connectivity index (χ0n) is 19.3. The fourth-order valence-electron chi connectivity index (χ4n) is 5.49. The van der Waals surface area contributed by atoms with Crippen molar-refractivity contribution >= 4 is 28.5 Å². The fraction of sp³-hybridized carbons (Fsp3) is 0.560. The molecule has 1 saturated heterocycles. The second-order valence-corrected chi connectivity index (χ2v) is 10.1. The van der Waals surface area contributed by atoms with Gasteiger partial charge in [0.1, 0.15) is 11.9 Å². The van der Waals surface area contributed by atoms with E-state index in [2.05, 4.69) is 30.2 Å². The molecule has 182 valence electrons. The van der Waals surface area contributed by atoms with Gasteiger partial charge in [0, 0.05) is 42.5 Å². The first-order chi connectivity index (χ1) is 16.6. The van der Waals surface area contributed by atoms with Crippen molar-refractivity contribution in [3.05, 3.63) is 35.5 Å². The molecule has 4 heterocycles. The summed E-state index contributed by atoms with van der Waals surface area (Å²) >= 11 is 6.11. The maximum Gasteiger partial charge on any atom is 0.183 e. The van der Waals surface area contributed by atoms with Gasteiger partial charge in [-0.15, -0.1) is 0 Å². The normalized spacial score (nSPS) is 21.1. The predicted octanol–water partition coefficient (Wildman–Crippen LogP) is 5.37. The number of H-pyrrole nitrogens is 1. The first kappa shape index (κ1) is 23.5. The van der Waals surface area contributed by atoms with Crippen LogP contribution in [0.5, 0.6) is 0 Å². The number of nitrogens with zero attached hydrogens (tertiary/aromatic N) is 4. The lowest BCUT2D eigenvalue weighted by molar-refractivity contribution is -0.0529. The third-order valence-corrected chi connectivity index (χ3v) is 7.52. The SMILES string of the molecule is OC(CC1CCCCC1)N1CCCC[C@@H]1CNc1nc(-c2c[nH]c3ncc(Cl)cc23)ncc1F. The molecule has 3 aromatic heterocycles. The van der Waals surface area contributed by atoms with Gasteiger partial charge in [-0.2, -0.15) is 0 Å². The van der Waals surface area contributed by atoms with E-state index >= 15 is 0 Å². The maximum absolute atomic E-state index is 14.6. The highest BCUT2D eigenvalue weighted by Gasteiger charge is 2.30. The molecule has 34 heavy (non-hydrogen) atoms. The van der Waals surface area contributed by atoms with Crippen LogP contribution in [-0.4, -0.2) is 55.3 Å². The summed E-state index contributed by atoms with van der Waals surface area (Å²) in [5.74, 6) is 0.684. The molecule has 3 N–H and O–H groups in total. The summed E-state index contributed by atoms with van der Waals surface area (Å²) in [4.78, 5) is 18.2. The van der Waals surface area contributed by atoms with E-state index in [0.29, 0.717) is 29.0 Å². The van der Waals surface area contributed by atoms with E-state index in [1.165, 1.54) is 38.3 Å². The van der Waals surface area contributed by atoms with Crippen molar-refractivity contribution in [2.45, 2.75) is 70.1 Å². The van der Waals surface area contributed by atoms with Crippen LogP contribution in [0.15, 0.2) is 24.7 Å². The first-order valence-electron chi connectivity index (χ1n) is 12.4. The summed E-state index contributed by atoms with van der Waals surface area (Å²) in [7, 11) is 0. The van der Waals surface area contributed by atoms with Gasteiger partial charge in [0.05, 0.1) is 11.2 Å². The molecule has 3 aromatic rings. The molecule has 7 nitrogen and oxygen atoms in total. The zero-order valence-corrected chi connectivity index (χ0v) is 20.1. The van der Waals surface area contributed by atoms with Gasteiger partial charge in [-0.3, -0.25) is 4.90 Å². The van der Waals surface area contributed by atoms with Gasteiger partial charge in [0.15, 0.2) is 17.5 Å². The van der Waals surface area contributed by atoms with Crippen molar-refractivity contribution in [2.75, 3.05) is 18.4 Å². The van der Waals surface area contributed by atoms with E-state index in [-0.39, 0.29) is 11.9 Å². The number of hydrogen-bond donors (Lipinski definition) is 3. The minimum Gasteiger partial charge on any atom is -0.378 e. The van der Waals surface area contributed by atoms with E-state index < -0.39 is 12.0 Å². The van der Waals surface area contributed by atoms with Crippen LogP contribution >= 0.6 is 11.6 Å². The standard InChI is InChI=1S/C25H32ClFN6O/c26-17-11-19-20(14-30-23(19)28-12-17)24-31-15-21(27)25(32-24)29-13-18-8-4-5-9-33(18)22(34)10-16-6-2-1-3-7-16/h11-12,14-16,18,22,34H,1-10,13H2,(H,28,30)(H,29,31,32)/t18-,22?/m1/s1. The van der Waals surface area contributed by atoms with Gasteiger partial charge < -0.3 is 15.4 Å². The molecule has 5 rings (SSSR count). The number of aliphatic hydroxyl groups is 1. The van der Waals surface area contributed by atoms with Gasteiger partial charge in [0.2, 0.25) is 0 Å². The molecule has 2 aliphatic rings. The van der Waals surface area contributed by atoms with Crippen LogP contribution in [0.1, 0.15) is 57.8 Å². The average Bonchev–Trinajstić information content (AvgIpc) is 3.27. The van der Waals surface area contributed by atoms with Crippen LogP contribution in [0.25, 0.3) is 22.4 Å². The van der Waals surface area contributed by atoms with E-state index in [9.17, 15) is 9.50 Å². The van der Waals surface area contributed by atoms with Gasteiger partial charge in [-0.25, -0.2) is 19.3 Å². The van der Waals surface area contributed by atoms with Crippen LogP contribution in [0.2, 0.25) is 5.02 Å². The first-order valence-corrected chi connectivity index (χ1v) is 12.8. The molecule has 1 saturated carbocycles. The molecular weight excluding hydrogens is 455 g/mol. The van der Waals surface area contributed by atoms with Crippen molar-refractivity contribution in [3.8, 4) is 11.4 Å². The number of piperidine rings is 1. The number of aromatic amines is 1. The molecule has 2 atom stereocenters. The van der Waals surface area contributed by atoms with Gasteiger partial charge in [-0.05, 0) is 31.2 Å². The lowest BCUT2D eigenvalue weighted by Gasteiger charge is -2.40. The number of nitrogens with one attached hydrogen (secondary N) is 2. The third-order valence-electron chi connectivity index (χ3n) is 7.31. The number of aromatic nitrogens is 4. The van der Waals surface area contributed by atoms with Gasteiger partial charge in [-0.1, -0.05) is 50.1 Å². The summed E-state index contributed by atoms with van der Waals surface area (Å²) in [6.45, 7) is 1.40. The van der Waals surface area contributed by atoms with Crippen molar-refractivity contribution in [2.24, 2.45) is 5.92 Å². The summed E-state index contributed by atoms with van der Waals surface area (Å²) in [5, 5.41) is 15.5. The molecule has 1 aliphatic carbocycles. The van der Waals surface area contributed by atoms with Gasteiger partial charge in [0.25, 0.3) is 0 Å². The van der Waals surface area contributed by atoms with Crippen molar-refractivity contribution in [1.82, 2.24) is 24.8 Å². The van der Waals surface area contributed by atoms with Gasteiger partial charge >= 0.3 is 0 Å². The lowest BCUT2D eigenvalue weighted by atomic mass is 9.86. The number of halogens is 2. The monoisotopic (exact) mass is 486 g/mol. The molecular formula is C25H32ClFN6O. The van der Waals surface area contributed by atoms with Crippen molar-refractivity contribution in [1.29, 1.82) is 0 Å². The van der Waals surface area contributed by atoms with Crippen LogP contribution in [0.4, 0.5) is 10.2 Å². The Hall–Kier alpha value is -2.29. The topological polar surface area (TPSA) is 90.0 Å². The van der Waals surface area contributed by atoms with E-state index in [0.717, 1.165) is 43.2 Å². The van der Waals surface area contributed by atoms with E-state index in [1.807, 2.05) is 0 Å². The van der Waals surface area contributed by atoms with E-state index in [4.69, 9.17) is 11.6 Å². The smallest absolute Gasteiger partial charge is 0.183 e. The summed E-state index contributed by atoms with van der Waals surface area (Å²) in [5.41, 5.74) is 1.39. The van der Waals surface area contributed by atoms with Crippen LogP contribution < -0.4 is 5.32 Å². The van der Waals surface area contributed by atoms with Crippen molar-refractivity contribution in [3.63, 3.8) is 0 Å². The predicted molar refractivity (Wildman–Crippen MR) is 132 cm³/mol. The molecule has 1 unspecified atom stereocenters. The fourth-order valence-corrected chi connectivity index (χ4v) is 5.65. The number of hydrogen-bond acceptors (Lipinski definition) is 6. The van der Waals surface area contributed by atoms with Crippen LogP contribution in [-0.2, 0) is 0 Å². The number of rotatable bonds is 7. The molecule has 0 bridgehead atoms. The number of anilines is 1. The highest BCUT2D eigenvalue weighted by molar-refractivity contribution is 6.31. The largest absolute Gasteiger partial charge is 0.378 e. The molecule has 0 radical (unpaired) electrons. The Labute approximate surface area is 204 Å². The zero-order chi connectivity index (χ0) is 23.5. The highest BCUT2D eigenvalue weighted by Crippen LogP contribution is 2.31. The number of pyridine rings is 1. The quantitative estimate of drug-likeness (QED) is 0.416. The lowest BCUT2D eigenvalue weighted by Crippen LogP contribution is -2.50. The Morgan fingerprint density at radius 3 is 2.82 bits per heavy atom. The average molecular weight is 487 g/mol. The second kappa shape index (κ2) is 10.5. The Kier molecular flexibility index (Phi) is 7.27. The third kappa shape index (κ3) is 5.19. The minimum absolute atomic E-state index is 0.140.